The zero-order chi connectivity index (χ0) is 20.9. The number of quaternary nitrogens is 1. The fraction of sp³-hybridized carbons (Fsp3) is 0.409. The Bertz CT molecular complexity index is 914. The first kappa shape index (κ1) is 21.5. The fourth-order valence-electron chi connectivity index (χ4n) is 3.81. The van der Waals surface area contributed by atoms with Crippen molar-refractivity contribution in [2.24, 2.45) is 5.92 Å². The highest BCUT2D eigenvalue weighted by atomic mass is 32.2. The molecule has 7 heteroatoms. The summed E-state index contributed by atoms with van der Waals surface area (Å²) in [6, 6.07) is 15.9. The lowest BCUT2D eigenvalue weighted by atomic mass is 10.0. The van der Waals surface area contributed by atoms with Gasteiger partial charge in [0, 0.05) is 25.2 Å². The fourth-order valence-corrected chi connectivity index (χ4v) is 4.96. The van der Waals surface area contributed by atoms with Crippen molar-refractivity contribution < 1.29 is 18.1 Å². The van der Waals surface area contributed by atoms with Crippen LogP contribution in [0.3, 0.4) is 0 Å². The number of carbonyl (C=O) groups excluding carboxylic acids is 1. The summed E-state index contributed by atoms with van der Waals surface area (Å²) in [6.45, 7) is 5.04. The molecule has 1 fully saturated rings. The smallest absolute Gasteiger partial charge is 0.279 e. The second kappa shape index (κ2) is 9.52. The van der Waals surface area contributed by atoms with Gasteiger partial charge in [-0.15, -0.1) is 0 Å². The number of likely N-dealkylation sites (tertiary alicyclic amines) is 1. The second-order valence-corrected chi connectivity index (χ2v) is 9.99. The molecule has 156 valence electrons. The number of nitrogens with zero attached hydrogens (tertiary/aromatic N) is 1. The summed E-state index contributed by atoms with van der Waals surface area (Å²) in [6.07, 6.45) is 2.40. The molecule has 1 amide bonds. The highest BCUT2D eigenvalue weighted by Gasteiger charge is 2.23. The van der Waals surface area contributed by atoms with Gasteiger partial charge in [-0.1, -0.05) is 37.3 Å². The van der Waals surface area contributed by atoms with Crippen LogP contribution in [0, 0.1) is 5.92 Å². The Hall–Kier alpha value is -2.22. The first-order valence-electron chi connectivity index (χ1n) is 10.1. The summed E-state index contributed by atoms with van der Waals surface area (Å²) in [7, 11) is -2.02. The van der Waals surface area contributed by atoms with E-state index in [1.165, 1.54) is 15.6 Å². The molecule has 0 spiro atoms. The van der Waals surface area contributed by atoms with Crippen LogP contribution < -0.4 is 10.2 Å². The van der Waals surface area contributed by atoms with Gasteiger partial charge in [0.05, 0.1) is 18.0 Å². The number of benzene rings is 2. The minimum atomic E-state index is -3.59. The Kier molecular flexibility index (Phi) is 7.05. The highest BCUT2D eigenvalue weighted by molar-refractivity contribution is 7.89. The maximum Gasteiger partial charge on any atom is 0.279 e. The van der Waals surface area contributed by atoms with Crippen LogP contribution in [0.4, 0.5) is 5.69 Å². The molecule has 3 rings (SSSR count). The van der Waals surface area contributed by atoms with E-state index in [9.17, 15) is 13.2 Å². The SMILES string of the molecule is C[C@H]1CCC[NH+](CC(=O)Nc2ccc(S(=O)(=O)N(C)Cc3ccccc3)cc2)C1. The summed E-state index contributed by atoms with van der Waals surface area (Å²) in [5.41, 5.74) is 1.54. The number of carbonyl (C=O) groups is 1. The topological polar surface area (TPSA) is 70.9 Å². The molecule has 0 radical (unpaired) electrons. The molecule has 2 atom stereocenters. The van der Waals surface area contributed by atoms with Gasteiger partial charge in [0.2, 0.25) is 10.0 Å². The van der Waals surface area contributed by atoms with Gasteiger partial charge in [0.15, 0.2) is 6.54 Å². The maximum absolute atomic E-state index is 12.8. The van der Waals surface area contributed by atoms with Crippen LogP contribution in [0.25, 0.3) is 0 Å². The Morgan fingerprint density at radius 2 is 1.83 bits per heavy atom. The van der Waals surface area contributed by atoms with E-state index >= 15 is 0 Å². The van der Waals surface area contributed by atoms with Crippen molar-refractivity contribution in [3.63, 3.8) is 0 Å². The van der Waals surface area contributed by atoms with E-state index in [1.807, 2.05) is 30.3 Å². The lowest BCUT2D eigenvalue weighted by molar-refractivity contribution is -0.900. The Morgan fingerprint density at radius 3 is 2.48 bits per heavy atom. The Balaban J connectivity index is 1.59. The van der Waals surface area contributed by atoms with Gasteiger partial charge in [-0.25, -0.2) is 8.42 Å². The molecule has 0 bridgehead atoms. The number of nitrogens with one attached hydrogen (secondary N) is 2. The molecule has 29 heavy (non-hydrogen) atoms. The standard InChI is InChI=1S/C22H29N3O3S/c1-18-7-6-14-25(15-18)17-22(26)23-20-10-12-21(13-11-20)29(27,28)24(2)16-19-8-4-3-5-9-19/h3-5,8-13,18H,6-7,14-17H2,1-2H3,(H,23,26)/p+1/t18-/m0/s1. The average molecular weight is 417 g/mol. The molecular weight excluding hydrogens is 386 g/mol. The van der Waals surface area contributed by atoms with Crippen LogP contribution in [0.5, 0.6) is 0 Å². The van der Waals surface area contributed by atoms with Crippen molar-refractivity contribution in [1.29, 1.82) is 0 Å². The molecule has 6 nitrogen and oxygen atoms in total. The first-order chi connectivity index (χ1) is 13.8. The van der Waals surface area contributed by atoms with E-state index in [0.29, 0.717) is 24.7 Å². The van der Waals surface area contributed by atoms with Crippen LogP contribution >= 0.6 is 0 Å². The lowest BCUT2D eigenvalue weighted by Crippen LogP contribution is -3.14. The number of anilines is 1. The molecule has 1 aliphatic heterocycles. The number of rotatable bonds is 7. The van der Waals surface area contributed by atoms with Crippen molar-refractivity contribution in [1.82, 2.24) is 4.31 Å². The van der Waals surface area contributed by atoms with Gasteiger partial charge in [0.25, 0.3) is 5.91 Å². The van der Waals surface area contributed by atoms with Gasteiger partial charge < -0.3 is 10.2 Å². The number of amides is 1. The summed E-state index contributed by atoms with van der Waals surface area (Å²) in [4.78, 5) is 13.8. The molecule has 2 aromatic rings. The van der Waals surface area contributed by atoms with Crippen molar-refractivity contribution in [2.75, 3.05) is 32.0 Å². The van der Waals surface area contributed by atoms with E-state index in [1.54, 1.807) is 31.3 Å². The van der Waals surface area contributed by atoms with Gasteiger partial charge in [-0.3, -0.25) is 4.79 Å². The second-order valence-electron chi connectivity index (χ2n) is 7.95. The van der Waals surface area contributed by atoms with Crippen LogP contribution in [-0.2, 0) is 21.4 Å². The van der Waals surface area contributed by atoms with Crippen molar-refractivity contribution in [3.05, 3.63) is 60.2 Å². The Morgan fingerprint density at radius 1 is 1.14 bits per heavy atom. The van der Waals surface area contributed by atoms with Crippen LogP contribution in [0.1, 0.15) is 25.3 Å². The van der Waals surface area contributed by atoms with Gasteiger partial charge in [0.1, 0.15) is 0 Å². The van der Waals surface area contributed by atoms with E-state index in [0.717, 1.165) is 25.1 Å². The largest absolute Gasteiger partial charge is 0.327 e. The number of piperidine rings is 1. The van der Waals surface area contributed by atoms with Crippen LogP contribution in [0.2, 0.25) is 0 Å². The zero-order valence-electron chi connectivity index (χ0n) is 17.1. The highest BCUT2D eigenvalue weighted by Crippen LogP contribution is 2.19. The monoisotopic (exact) mass is 416 g/mol. The Labute approximate surface area is 173 Å². The number of sulfonamides is 1. The minimum Gasteiger partial charge on any atom is -0.327 e. The van der Waals surface area contributed by atoms with Crippen LogP contribution in [-0.4, -0.2) is 45.3 Å². The summed E-state index contributed by atoms with van der Waals surface area (Å²) >= 11 is 0. The molecule has 1 heterocycles. The van der Waals surface area contributed by atoms with E-state index in [4.69, 9.17) is 0 Å². The molecule has 1 unspecified atom stereocenters. The molecular formula is C22H30N3O3S+. The number of hydrogen-bond acceptors (Lipinski definition) is 3. The van der Waals surface area contributed by atoms with Crippen molar-refractivity contribution >= 4 is 21.6 Å². The lowest BCUT2D eigenvalue weighted by Gasteiger charge is -2.27. The minimum absolute atomic E-state index is 0.0362. The average Bonchev–Trinajstić information content (AvgIpc) is 2.69. The molecule has 0 aromatic heterocycles. The third-order valence-corrected chi connectivity index (χ3v) is 7.19. The summed E-state index contributed by atoms with van der Waals surface area (Å²) in [5.74, 6) is 0.620. The molecule has 1 aliphatic rings. The molecule has 1 saturated heterocycles. The van der Waals surface area contributed by atoms with Crippen molar-refractivity contribution in [3.8, 4) is 0 Å². The summed E-state index contributed by atoms with van der Waals surface area (Å²) in [5, 5.41) is 2.88. The van der Waals surface area contributed by atoms with E-state index in [-0.39, 0.29) is 10.8 Å². The van der Waals surface area contributed by atoms with Crippen molar-refractivity contribution in [2.45, 2.75) is 31.2 Å². The normalized spacial score (nSPS) is 19.8. The van der Waals surface area contributed by atoms with E-state index < -0.39 is 10.0 Å². The molecule has 2 aromatic carbocycles. The molecule has 2 N–H and O–H groups in total. The quantitative estimate of drug-likeness (QED) is 0.723. The van der Waals surface area contributed by atoms with Gasteiger partial charge in [-0.2, -0.15) is 4.31 Å². The van der Waals surface area contributed by atoms with Gasteiger partial charge >= 0.3 is 0 Å². The molecule has 0 saturated carbocycles. The zero-order valence-corrected chi connectivity index (χ0v) is 17.9. The van der Waals surface area contributed by atoms with Gasteiger partial charge in [-0.05, 0) is 42.7 Å². The summed E-state index contributed by atoms with van der Waals surface area (Å²) < 4.78 is 26.9. The maximum atomic E-state index is 12.8. The van der Waals surface area contributed by atoms with Crippen LogP contribution in [0.15, 0.2) is 59.5 Å². The third kappa shape index (κ3) is 5.88. The first-order valence-corrected chi connectivity index (χ1v) is 11.5. The predicted octanol–water partition coefficient (Wildman–Crippen LogP) is 1.76. The predicted molar refractivity (Wildman–Crippen MR) is 114 cm³/mol. The van der Waals surface area contributed by atoms with E-state index in [2.05, 4.69) is 12.2 Å². The number of hydrogen-bond donors (Lipinski definition) is 2. The third-order valence-electron chi connectivity index (χ3n) is 5.37. The molecule has 0 aliphatic carbocycles.